The van der Waals surface area contributed by atoms with Crippen LogP contribution < -0.4 is 0 Å². The zero-order chi connectivity index (χ0) is 15.9. The third kappa shape index (κ3) is 5.25. The summed E-state index contributed by atoms with van der Waals surface area (Å²) in [6.07, 6.45) is 13.6. The first-order valence-electron chi connectivity index (χ1n) is 9.61. The second-order valence-electron chi connectivity index (χ2n) is 7.26. The maximum Gasteiger partial charge on any atom is 0.0932 e. The fourth-order valence-electron chi connectivity index (χ4n) is 4.06. The first-order chi connectivity index (χ1) is 11.3. The monoisotopic (exact) mass is 338 g/mol. The summed E-state index contributed by atoms with van der Waals surface area (Å²) in [5, 5.41) is 1.16. The van der Waals surface area contributed by atoms with Gasteiger partial charge in [-0.25, -0.2) is 4.98 Å². The van der Waals surface area contributed by atoms with Crippen LogP contribution in [0.25, 0.3) is 0 Å². The van der Waals surface area contributed by atoms with Crippen molar-refractivity contribution in [2.75, 3.05) is 26.3 Å². The van der Waals surface area contributed by atoms with Gasteiger partial charge < -0.3 is 4.90 Å². The van der Waals surface area contributed by atoms with Gasteiger partial charge in [-0.1, -0.05) is 32.1 Å². The molecule has 2 heterocycles. The topological polar surface area (TPSA) is 16.1 Å². The molecule has 0 N–H and O–H groups in total. The second kappa shape index (κ2) is 9.12. The SMILES string of the molecule is FCCCc1nc2c(s1)CCCN(CCC1CCCCC1)CC2. The number of halogens is 1. The number of aryl methyl sites for hydroxylation is 2. The fraction of sp³-hybridized carbons (Fsp3) is 0.842. The molecule has 0 aromatic carbocycles. The highest BCUT2D eigenvalue weighted by molar-refractivity contribution is 7.11. The van der Waals surface area contributed by atoms with Crippen molar-refractivity contribution in [3.8, 4) is 0 Å². The van der Waals surface area contributed by atoms with E-state index in [1.165, 1.54) is 75.0 Å². The number of fused-ring (bicyclic) bond motifs is 1. The molecule has 3 rings (SSSR count). The minimum atomic E-state index is -0.223. The van der Waals surface area contributed by atoms with Crippen LogP contribution in [0.2, 0.25) is 0 Å². The predicted octanol–water partition coefficient (Wildman–Crippen LogP) is 4.81. The van der Waals surface area contributed by atoms with Gasteiger partial charge in [0.1, 0.15) is 0 Å². The Kier molecular flexibility index (Phi) is 6.88. The first kappa shape index (κ1) is 17.3. The molecule has 2 aliphatic rings. The number of alkyl halides is 1. The van der Waals surface area contributed by atoms with Crippen molar-refractivity contribution in [2.45, 2.75) is 70.6 Å². The summed E-state index contributed by atoms with van der Waals surface area (Å²) in [4.78, 5) is 8.94. The third-order valence-corrected chi connectivity index (χ3v) is 6.69. The van der Waals surface area contributed by atoms with Crippen molar-refractivity contribution in [1.29, 1.82) is 0 Å². The Morgan fingerprint density at radius 3 is 2.78 bits per heavy atom. The van der Waals surface area contributed by atoms with E-state index in [-0.39, 0.29) is 6.67 Å². The van der Waals surface area contributed by atoms with Crippen LogP contribution in [0.4, 0.5) is 4.39 Å². The van der Waals surface area contributed by atoms with Gasteiger partial charge in [0.25, 0.3) is 0 Å². The summed E-state index contributed by atoms with van der Waals surface area (Å²) in [5.74, 6) is 0.983. The quantitative estimate of drug-likeness (QED) is 0.740. The highest BCUT2D eigenvalue weighted by Gasteiger charge is 2.18. The van der Waals surface area contributed by atoms with Gasteiger partial charge in [-0.2, -0.15) is 0 Å². The minimum absolute atomic E-state index is 0.223. The number of hydrogen-bond donors (Lipinski definition) is 0. The Bertz CT molecular complexity index is 468. The van der Waals surface area contributed by atoms with E-state index in [0.717, 1.165) is 30.3 Å². The molecule has 4 heteroatoms. The molecule has 1 aromatic heterocycles. The molecule has 0 unspecified atom stereocenters. The Hall–Kier alpha value is -0.480. The maximum absolute atomic E-state index is 12.4. The van der Waals surface area contributed by atoms with Gasteiger partial charge in [-0.3, -0.25) is 4.39 Å². The number of nitrogens with zero attached hydrogens (tertiary/aromatic N) is 2. The van der Waals surface area contributed by atoms with Crippen molar-refractivity contribution < 1.29 is 4.39 Å². The van der Waals surface area contributed by atoms with Crippen LogP contribution in [0.3, 0.4) is 0 Å². The maximum atomic E-state index is 12.4. The Morgan fingerprint density at radius 1 is 1.09 bits per heavy atom. The summed E-state index contributed by atoms with van der Waals surface area (Å²) in [5.41, 5.74) is 1.31. The van der Waals surface area contributed by atoms with E-state index in [4.69, 9.17) is 4.98 Å². The lowest BCUT2D eigenvalue weighted by Crippen LogP contribution is -2.31. The van der Waals surface area contributed by atoms with E-state index >= 15 is 0 Å². The van der Waals surface area contributed by atoms with Gasteiger partial charge in [-0.05, 0) is 44.7 Å². The molecular formula is C19H31FN2S. The van der Waals surface area contributed by atoms with Gasteiger partial charge in [0.05, 0.1) is 17.4 Å². The van der Waals surface area contributed by atoms with E-state index in [0.29, 0.717) is 6.42 Å². The van der Waals surface area contributed by atoms with E-state index in [9.17, 15) is 4.39 Å². The molecule has 0 amide bonds. The molecule has 0 atom stereocenters. The molecule has 1 aliphatic carbocycles. The van der Waals surface area contributed by atoms with Crippen LogP contribution >= 0.6 is 11.3 Å². The van der Waals surface area contributed by atoms with Crippen molar-refractivity contribution >= 4 is 11.3 Å². The van der Waals surface area contributed by atoms with E-state index < -0.39 is 0 Å². The molecule has 0 bridgehead atoms. The molecule has 1 aliphatic heterocycles. The second-order valence-corrected chi connectivity index (χ2v) is 8.43. The summed E-state index contributed by atoms with van der Waals surface area (Å²) < 4.78 is 12.4. The van der Waals surface area contributed by atoms with Crippen LogP contribution in [0.5, 0.6) is 0 Å². The smallest absolute Gasteiger partial charge is 0.0932 e. The Morgan fingerprint density at radius 2 is 1.96 bits per heavy atom. The predicted molar refractivity (Wildman–Crippen MR) is 96.1 cm³/mol. The van der Waals surface area contributed by atoms with Crippen LogP contribution in [-0.4, -0.2) is 36.2 Å². The molecule has 2 nitrogen and oxygen atoms in total. The van der Waals surface area contributed by atoms with E-state index in [1.807, 2.05) is 11.3 Å². The Balaban J connectivity index is 1.48. The number of thiazole rings is 1. The van der Waals surface area contributed by atoms with Crippen LogP contribution in [-0.2, 0) is 19.3 Å². The van der Waals surface area contributed by atoms with Crippen LogP contribution in [0, 0.1) is 5.92 Å². The Labute approximate surface area is 144 Å². The number of hydrogen-bond acceptors (Lipinski definition) is 3. The minimum Gasteiger partial charge on any atom is -0.303 e. The zero-order valence-electron chi connectivity index (χ0n) is 14.4. The summed E-state index contributed by atoms with van der Waals surface area (Å²) in [7, 11) is 0. The average Bonchev–Trinajstić information content (AvgIpc) is 2.95. The largest absolute Gasteiger partial charge is 0.303 e. The van der Waals surface area contributed by atoms with Crippen molar-refractivity contribution in [3.63, 3.8) is 0 Å². The fourth-order valence-corrected chi connectivity index (χ4v) is 5.25. The van der Waals surface area contributed by atoms with Gasteiger partial charge in [0.15, 0.2) is 0 Å². The normalized spacial score (nSPS) is 20.9. The molecule has 0 saturated heterocycles. The van der Waals surface area contributed by atoms with E-state index in [1.54, 1.807) is 0 Å². The average molecular weight is 339 g/mol. The van der Waals surface area contributed by atoms with Crippen molar-refractivity contribution in [2.24, 2.45) is 5.92 Å². The van der Waals surface area contributed by atoms with Crippen molar-refractivity contribution in [1.82, 2.24) is 9.88 Å². The molecule has 1 saturated carbocycles. The van der Waals surface area contributed by atoms with Crippen molar-refractivity contribution in [3.05, 3.63) is 15.6 Å². The van der Waals surface area contributed by atoms with Crippen LogP contribution in [0.15, 0.2) is 0 Å². The molecule has 130 valence electrons. The van der Waals surface area contributed by atoms with Gasteiger partial charge >= 0.3 is 0 Å². The van der Waals surface area contributed by atoms with E-state index in [2.05, 4.69) is 4.90 Å². The first-order valence-corrected chi connectivity index (χ1v) is 10.4. The summed E-state index contributed by atoms with van der Waals surface area (Å²) in [6, 6.07) is 0. The standard InChI is InChI=1S/C19H31FN2S/c20-12-4-9-19-21-17-11-15-22(13-5-8-18(17)23-19)14-10-16-6-2-1-3-7-16/h16H,1-15H2. The lowest BCUT2D eigenvalue weighted by Gasteiger charge is -2.28. The summed E-state index contributed by atoms with van der Waals surface area (Å²) in [6.45, 7) is 3.45. The molecule has 1 aromatic rings. The lowest BCUT2D eigenvalue weighted by atomic mass is 9.87. The van der Waals surface area contributed by atoms with Gasteiger partial charge in [-0.15, -0.1) is 11.3 Å². The number of rotatable bonds is 6. The van der Waals surface area contributed by atoms with Crippen LogP contribution in [0.1, 0.15) is 66.9 Å². The highest BCUT2D eigenvalue weighted by Crippen LogP contribution is 2.27. The van der Waals surface area contributed by atoms with Gasteiger partial charge in [0, 0.05) is 24.3 Å². The lowest BCUT2D eigenvalue weighted by molar-refractivity contribution is 0.228. The molecular weight excluding hydrogens is 307 g/mol. The molecule has 1 fully saturated rings. The molecule has 23 heavy (non-hydrogen) atoms. The third-order valence-electron chi connectivity index (χ3n) is 5.47. The zero-order valence-corrected chi connectivity index (χ0v) is 15.2. The molecule has 0 radical (unpaired) electrons. The summed E-state index contributed by atoms with van der Waals surface area (Å²) >= 11 is 1.84. The van der Waals surface area contributed by atoms with Gasteiger partial charge in [0.2, 0.25) is 0 Å². The highest BCUT2D eigenvalue weighted by atomic mass is 32.1. The number of aromatic nitrogens is 1. The molecule has 0 spiro atoms.